The minimum absolute atomic E-state index is 0.00947. The minimum atomic E-state index is -0.888. The molecule has 0 saturated heterocycles. The summed E-state index contributed by atoms with van der Waals surface area (Å²) < 4.78 is 0. The monoisotopic (exact) mass is 264 g/mol. The fraction of sp³-hybridized carbons (Fsp3) is 0.533. The van der Waals surface area contributed by atoms with Crippen LogP contribution in [0.15, 0.2) is 24.3 Å². The van der Waals surface area contributed by atoms with Gasteiger partial charge in [0.1, 0.15) is 0 Å². The summed E-state index contributed by atoms with van der Waals surface area (Å²) in [5.74, 6) is -0.249. The highest BCUT2D eigenvalue weighted by Gasteiger charge is 2.25. The Kier molecular flexibility index (Phi) is 4.95. The maximum absolute atomic E-state index is 12.4. The largest absolute Gasteiger partial charge is 0.399 e. The highest BCUT2D eigenvalue weighted by molar-refractivity contribution is 5.83. The summed E-state index contributed by atoms with van der Waals surface area (Å²) in [5, 5.41) is 9.85. The lowest BCUT2D eigenvalue weighted by Crippen LogP contribution is -2.43. The molecule has 1 aromatic rings. The Morgan fingerprint density at radius 3 is 2.58 bits per heavy atom. The molecule has 0 aliphatic heterocycles. The van der Waals surface area contributed by atoms with E-state index in [2.05, 4.69) is 0 Å². The average Bonchev–Trinajstić information content (AvgIpc) is 2.33. The van der Waals surface area contributed by atoms with Crippen molar-refractivity contribution in [1.29, 1.82) is 0 Å². The van der Waals surface area contributed by atoms with Crippen LogP contribution >= 0.6 is 0 Å². The molecule has 0 aromatic heterocycles. The molecule has 1 unspecified atom stereocenters. The first kappa shape index (κ1) is 15.5. The first-order valence-electron chi connectivity index (χ1n) is 6.61. The van der Waals surface area contributed by atoms with E-state index in [0.717, 1.165) is 5.56 Å². The van der Waals surface area contributed by atoms with Gasteiger partial charge in [-0.2, -0.15) is 0 Å². The molecule has 1 amide bonds. The van der Waals surface area contributed by atoms with Gasteiger partial charge in [-0.05, 0) is 45.4 Å². The predicted molar refractivity (Wildman–Crippen MR) is 77.8 cm³/mol. The van der Waals surface area contributed by atoms with Crippen molar-refractivity contribution in [3.63, 3.8) is 0 Å². The van der Waals surface area contributed by atoms with Crippen LogP contribution in [-0.4, -0.2) is 34.6 Å². The SMILES string of the molecule is CCN(CC(C)(C)O)C(=O)C(C)c1cccc(N)c1. The topological polar surface area (TPSA) is 66.6 Å². The van der Waals surface area contributed by atoms with Crippen molar-refractivity contribution in [2.45, 2.75) is 39.2 Å². The minimum Gasteiger partial charge on any atom is -0.399 e. The molecule has 0 bridgehead atoms. The average molecular weight is 264 g/mol. The molecular weight excluding hydrogens is 240 g/mol. The van der Waals surface area contributed by atoms with Gasteiger partial charge in [-0.1, -0.05) is 12.1 Å². The van der Waals surface area contributed by atoms with Crippen molar-refractivity contribution in [2.75, 3.05) is 18.8 Å². The third-order valence-electron chi connectivity index (χ3n) is 3.05. The molecule has 0 radical (unpaired) electrons. The van der Waals surface area contributed by atoms with Crippen LogP contribution in [0.4, 0.5) is 5.69 Å². The zero-order chi connectivity index (χ0) is 14.6. The lowest BCUT2D eigenvalue weighted by molar-refractivity contribution is -0.135. The molecule has 0 saturated carbocycles. The zero-order valence-electron chi connectivity index (χ0n) is 12.2. The van der Waals surface area contributed by atoms with E-state index in [-0.39, 0.29) is 11.8 Å². The van der Waals surface area contributed by atoms with Gasteiger partial charge in [0, 0.05) is 18.8 Å². The number of nitrogen functional groups attached to an aromatic ring is 1. The van der Waals surface area contributed by atoms with Gasteiger partial charge in [0.05, 0.1) is 11.5 Å². The molecule has 1 atom stereocenters. The van der Waals surface area contributed by atoms with E-state index < -0.39 is 5.60 Å². The molecule has 0 aliphatic carbocycles. The van der Waals surface area contributed by atoms with Gasteiger partial charge < -0.3 is 15.7 Å². The molecule has 0 heterocycles. The number of carbonyl (C=O) groups is 1. The molecule has 0 spiro atoms. The van der Waals surface area contributed by atoms with Gasteiger partial charge in [0.2, 0.25) is 5.91 Å². The number of benzene rings is 1. The van der Waals surface area contributed by atoms with Crippen LogP contribution in [0, 0.1) is 0 Å². The summed E-state index contributed by atoms with van der Waals surface area (Å²) in [4.78, 5) is 14.1. The van der Waals surface area contributed by atoms with Crippen LogP contribution in [0.2, 0.25) is 0 Å². The molecule has 4 nitrogen and oxygen atoms in total. The summed E-state index contributed by atoms with van der Waals surface area (Å²) in [7, 11) is 0. The number of amides is 1. The second-order valence-corrected chi connectivity index (χ2v) is 5.56. The quantitative estimate of drug-likeness (QED) is 0.799. The number of nitrogens with two attached hydrogens (primary N) is 1. The summed E-state index contributed by atoms with van der Waals surface area (Å²) in [6.07, 6.45) is 0. The molecule has 1 rings (SSSR count). The molecule has 0 fully saturated rings. The van der Waals surface area contributed by atoms with E-state index in [1.807, 2.05) is 32.0 Å². The van der Waals surface area contributed by atoms with Gasteiger partial charge in [0.15, 0.2) is 0 Å². The lowest BCUT2D eigenvalue weighted by Gasteiger charge is -2.30. The summed E-state index contributed by atoms with van der Waals surface area (Å²) in [5.41, 5.74) is 6.41. The molecular formula is C15H24N2O2. The van der Waals surface area contributed by atoms with Crippen molar-refractivity contribution in [3.8, 4) is 0 Å². The number of carbonyl (C=O) groups excluding carboxylic acids is 1. The first-order valence-corrected chi connectivity index (χ1v) is 6.61. The van der Waals surface area contributed by atoms with Crippen LogP contribution in [0.1, 0.15) is 39.2 Å². The van der Waals surface area contributed by atoms with E-state index in [1.54, 1.807) is 24.8 Å². The first-order chi connectivity index (χ1) is 8.74. The summed E-state index contributed by atoms with van der Waals surface area (Å²) >= 11 is 0. The van der Waals surface area contributed by atoms with Crippen LogP contribution in [0.3, 0.4) is 0 Å². The molecule has 1 aromatic carbocycles. The van der Waals surface area contributed by atoms with Crippen LogP contribution < -0.4 is 5.73 Å². The number of hydrogen-bond donors (Lipinski definition) is 2. The summed E-state index contributed by atoms with van der Waals surface area (Å²) in [6, 6.07) is 7.37. The third-order valence-corrected chi connectivity index (χ3v) is 3.05. The van der Waals surface area contributed by atoms with Crippen molar-refractivity contribution in [3.05, 3.63) is 29.8 Å². The highest BCUT2D eigenvalue weighted by Crippen LogP contribution is 2.21. The van der Waals surface area contributed by atoms with E-state index in [0.29, 0.717) is 18.8 Å². The van der Waals surface area contributed by atoms with E-state index in [9.17, 15) is 9.90 Å². The lowest BCUT2D eigenvalue weighted by atomic mass is 9.98. The number of nitrogens with zero attached hydrogens (tertiary/aromatic N) is 1. The van der Waals surface area contributed by atoms with Gasteiger partial charge in [-0.3, -0.25) is 4.79 Å². The Hall–Kier alpha value is -1.55. The second kappa shape index (κ2) is 6.06. The number of rotatable bonds is 5. The molecule has 19 heavy (non-hydrogen) atoms. The van der Waals surface area contributed by atoms with Gasteiger partial charge >= 0.3 is 0 Å². The molecule has 106 valence electrons. The Labute approximate surface area is 115 Å². The molecule has 4 heteroatoms. The molecule has 3 N–H and O–H groups in total. The number of hydrogen-bond acceptors (Lipinski definition) is 3. The Balaban J connectivity index is 2.85. The third kappa shape index (κ3) is 4.56. The van der Waals surface area contributed by atoms with E-state index in [4.69, 9.17) is 5.73 Å². The van der Waals surface area contributed by atoms with Crippen LogP contribution in [-0.2, 0) is 4.79 Å². The predicted octanol–water partition coefficient (Wildman–Crippen LogP) is 1.99. The van der Waals surface area contributed by atoms with E-state index >= 15 is 0 Å². The van der Waals surface area contributed by atoms with E-state index in [1.165, 1.54) is 0 Å². The second-order valence-electron chi connectivity index (χ2n) is 5.56. The zero-order valence-corrected chi connectivity index (χ0v) is 12.2. The normalized spacial score (nSPS) is 13.1. The summed E-state index contributed by atoms with van der Waals surface area (Å²) in [6.45, 7) is 8.09. The van der Waals surface area contributed by atoms with Crippen molar-refractivity contribution >= 4 is 11.6 Å². The van der Waals surface area contributed by atoms with Gasteiger partial charge in [0.25, 0.3) is 0 Å². The number of anilines is 1. The fourth-order valence-corrected chi connectivity index (χ4v) is 2.06. The van der Waals surface area contributed by atoms with Crippen molar-refractivity contribution < 1.29 is 9.90 Å². The maximum Gasteiger partial charge on any atom is 0.229 e. The van der Waals surface area contributed by atoms with Crippen LogP contribution in [0.5, 0.6) is 0 Å². The standard InChI is InChI=1S/C15H24N2O2/c1-5-17(10-15(3,4)19)14(18)11(2)12-7-6-8-13(16)9-12/h6-9,11,19H,5,10,16H2,1-4H3. The molecule has 0 aliphatic rings. The number of aliphatic hydroxyl groups is 1. The van der Waals surface area contributed by atoms with Gasteiger partial charge in [-0.15, -0.1) is 0 Å². The maximum atomic E-state index is 12.4. The van der Waals surface area contributed by atoms with Crippen molar-refractivity contribution in [2.24, 2.45) is 0 Å². The Morgan fingerprint density at radius 2 is 2.11 bits per heavy atom. The van der Waals surface area contributed by atoms with Crippen LogP contribution in [0.25, 0.3) is 0 Å². The Morgan fingerprint density at radius 1 is 1.47 bits per heavy atom. The van der Waals surface area contributed by atoms with Gasteiger partial charge in [-0.25, -0.2) is 0 Å². The van der Waals surface area contributed by atoms with Crippen molar-refractivity contribution in [1.82, 2.24) is 4.90 Å². The highest BCUT2D eigenvalue weighted by atomic mass is 16.3. The smallest absolute Gasteiger partial charge is 0.229 e. The number of likely N-dealkylation sites (N-methyl/N-ethyl adjacent to an activating group) is 1. The Bertz CT molecular complexity index is 438. The fourth-order valence-electron chi connectivity index (χ4n) is 2.06.